The van der Waals surface area contributed by atoms with Gasteiger partial charge in [0.2, 0.25) is 0 Å². The van der Waals surface area contributed by atoms with E-state index < -0.39 is 23.0 Å². The molecule has 1 fully saturated rings. The van der Waals surface area contributed by atoms with E-state index in [2.05, 4.69) is 20.5 Å². The number of aliphatic carboxylic acids is 1. The molecule has 3 heterocycles. The smallest absolute Gasteiger partial charge is 0.310 e. The molecule has 0 amide bonds. The van der Waals surface area contributed by atoms with Gasteiger partial charge in [0.1, 0.15) is 17.5 Å². The maximum atomic E-state index is 14.6. The molecule has 33 heavy (non-hydrogen) atoms. The van der Waals surface area contributed by atoms with E-state index in [-0.39, 0.29) is 17.1 Å². The van der Waals surface area contributed by atoms with Crippen molar-refractivity contribution in [3.8, 4) is 0 Å². The summed E-state index contributed by atoms with van der Waals surface area (Å²) in [6.45, 7) is 3.05. The molecule has 3 aromatic rings. The molecule has 1 saturated heterocycles. The Labute approximate surface area is 194 Å². The summed E-state index contributed by atoms with van der Waals surface area (Å²) < 4.78 is 28.8. The number of aromatic amines is 1. The highest BCUT2D eigenvalue weighted by atomic mass is 35.5. The van der Waals surface area contributed by atoms with E-state index in [1.54, 1.807) is 18.2 Å². The van der Waals surface area contributed by atoms with Crippen molar-refractivity contribution in [3.05, 3.63) is 70.0 Å². The maximum Gasteiger partial charge on any atom is 0.310 e. The third-order valence-electron chi connectivity index (χ3n) is 6.08. The predicted molar refractivity (Wildman–Crippen MR) is 120 cm³/mol. The largest absolute Gasteiger partial charge is 0.481 e. The van der Waals surface area contributed by atoms with E-state index in [0.29, 0.717) is 49.7 Å². The Kier molecular flexibility index (Phi) is 6.62. The van der Waals surface area contributed by atoms with Crippen LogP contribution < -0.4 is 5.32 Å². The Hall–Kier alpha value is -3.04. The number of rotatable bonds is 7. The summed E-state index contributed by atoms with van der Waals surface area (Å²) >= 11 is 5.86. The van der Waals surface area contributed by atoms with Crippen LogP contribution in [-0.4, -0.2) is 44.2 Å². The number of hydrogen-bond donors (Lipinski definition) is 3. The van der Waals surface area contributed by atoms with Crippen molar-refractivity contribution >= 4 is 29.2 Å². The molecule has 7 nitrogen and oxygen atoms in total. The Balaban J connectivity index is 1.47. The lowest BCUT2D eigenvalue weighted by atomic mass is 9.74. The number of aromatic nitrogens is 3. The highest BCUT2D eigenvalue weighted by Crippen LogP contribution is 2.37. The van der Waals surface area contributed by atoms with Gasteiger partial charge in [-0.1, -0.05) is 23.7 Å². The summed E-state index contributed by atoms with van der Waals surface area (Å²) in [5, 5.41) is 20.0. The zero-order chi connectivity index (χ0) is 23.6. The van der Waals surface area contributed by atoms with Gasteiger partial charge in [-0.3, -0.25) is 14.8 Å². The van der Waals surface area contributed by atoms with Crippen LogP contribution in [0, 0.1) is 24.0 Å². The fraction of sp³-hybridized carbons (Fsp3) is 0.348. The summed E-state index contributed by atoms with van der Waals surface area (Å²) in [4.78, 5) is 18.6. The molecule has 0 spiro atoms. The minimum absolute atomic E-state index is 0.0390. The van der Waals surface area contributed by atoms with E-state index >= 15 is 0 Å². The summed E-state index contributed by atoms with van der Waals surface area (Å²) in [5.74, 6) is -1.09. The number of benzene rings is 1. The molecule has 10 heteroatoms. The van der Waals surface area contributed by atoms with Crippen molar-refractivity contribution < 1.29 is 18.7 Å². The van der Waals surface area contributed by atoms with Crippen LogP contribution in [0.2, 0.25) is 5.02 Å². The fourth-order valence-electron chi connectivity index (χ4n) is 4.13. The normalized spacial score (nSPS) is 16.0. The molecule has 174 valence electrons. The van der Waals surface area contributed by atoms with Gasteiger partial charge < -0.3 is 10.4 Å². The second-order valence-corrected chi connectivity index (χ2v) is 8.84. The Morgan fingerprint density at radius 2 is 2.00 bits per heavy atom. The molecule has 0 bridgehead atoms. The lowest BCUT2D eigenvalue weighted by Gasteiger charge is -2.39. The number of nitrogens with one attached hydrogen (secondary N) is 2. The Morgan fingerprint density at radius 1 is 1.24 bits per heavy atom. The first-order valence-corrected chi connectivity index (χ1v) is 11.0. The number of carbonyl (C=O) groups is 1. The standard InChI is InChI=1S/C23H24ClF2N5O2/c1-14-11-20(30-29-14)28-19-6-5-17(25)18(27-19)12-23(22(32)33)7-9-31(10-8-23)13-15-3-2-4-16(24)21(15)26/h2-6,11H,7-10,12-13H2,1H3,(H,32,33)(H2,27,28,29,30). The summed E-state index contributed by atoms with van der Waals surface area (Å²) in [7, 11) is 0. The number of nitrogens with zero attached hydrogens (tertiary/aromatic N) is 3. The van der Waals surface area contributed by atoms with Gasteiger partial charge in [0.15, 0.2) is 5.82 Å². The molecular formula is C23H24ClF2N5O2. The van der Waals surface area contributed by atoms with Crippen LogP contribution in [0.25, 0.3) is 0 Å². The van der Waals surface area contributed by atoms with Gasteiger partial charge in [0, 0.05) is 30.3 Å². The van der Waals surface area contributed by atoms with Crippen LogP contribution in [0.5, 0.6) is 0 Å². The maximum absolute atomic E-state index is 14.6. The number of pyridine rings is 1. The zero-order valence-corrected chi connectivity index (χ0v) is 18.8. The van der Waals surface area contributed by atoms with Crippen molar-refractivity contribution in [1.82, 2.24) is 20.1 Å². The predicted octanol–water partition coefficient (Wildman–Crippen LogP) is 4.70. The molecule has 1 aliphatic heterocycles. The number of piperidine rings is 1. The number of carboxylic acids is 1. The van der Waals surface area contributed by atoms with E-state index in [0.717, 1.165) is 5.69 Å². The molecule has 2 aromatic heterocycles. The van der Waals surface area contributed by atoms with Gasteiger partial charge in [0.05, 0.1) is 16.1 Å². The van der Waals surface area contributed by atoms with Gasteiger partial charge in [0.25, 0.3) is 0 Å². The number of likely N-dealkylation sites (tertiary alicyclic amines) is 1. The summed E-state index contributed by atoms with van der Waals surface area (Å²) in [5.41, 5.74) is 0.252. The second kappa shape index (κ2) is 9.44. The van der Waals surface area contributed by atoms with Crippen LogP contribution in [0.15, 0.2) is 36.4 Å². The number of aryl methyl sites for hydroxylation is 1. The van der Waals surface area contributed by atoms with Crippen molar-refractivity contribution in [2.75, 3.05) is 18.4 Å². The van der Waals surface area contributed by atoms with Crippen molar-refractivity contribution in [2.24, 2.45) is 5.41 Å². The number of carboxylic acid groups (broad SMARTS) is 1. The van der Waals surface area contributed by atoms with Crippen LogP contribution in [-0.2, 0) is 17.8 Å². The van der Waals surface area contributed by atoms with Crippen LogP contribution >= 0.6 is 11.6 Å². The zero-order valence-electron chi connectivity index (χ0n) is 18.0. The molecule has 1 aliphatic rings. The van der Waals surface area contributed by atoms with Crippen molar-refractivity contribution in [3.63, 3.8) is 0 Å². The van der Waals surface area contributed by atoms with E-state index in [1.807, 2.05) is 11.8 Å². The van der Waals surface area contributed by atoms with Crippen LogP contribution in [0.3, 0.4) is 0 Å². The van der Waals surface area contributed by atoms with E-state index in [9.17, 15) is 18.7 Å². The Bertz CT molecular complexity index is 1160. The first-order valence-electron chi connectivity index (χ1n) is 10.6. The van der Waals surface area contributed by atoms with Crippen molar-refractivity contribution in [2.45, 2.75) is 32.7 Å². The lowest BCUT2D eigenvalue weighted by Crippen LogP contribution is -2.45. The third-order valence-corrected chi connectivity index (χ3v) is 6.37. The monoisotopic (exact) mass is 475 g/mol. The molecular weight excluding hydrogens is 452 g/mol. The molecule has 4 rings (SSSR count). The first kappa shape index (κ1) is 23.1. The van der Waals surface area contributed by atoms with Gasteiger partial charge in [-0.05, 0) is 51.1 Å². The number of H-pyrrole nitrogens is 1. The quantitative estimate of drug-likeness (QED) is 0.458. The first-order chi connectivity index (χ1) is 15.8. The second-order valence-electron chi connectivity index (χ2n) is 8.44. The molecule has 3 N–H and O–H groups in total. The minimum Gasteiger partial charge on any atom is -0.481 e. The topological polar surface area (TPSA) is 94.1 Å². The molecule has 0 aliphatic carbocycles. The SMILES string of the molecule is Cc1cc(Nc2ccc(F)c(CC3(C(=O)O)CCN(Cc4cccc(Cl)c4F)CC3)n2)n[nH]1. The van der Waals surface area contributed by atoms with Gasteiger partial charge in [-0.15, -0.1) is 0 Å². The number of anilines is 2. The van der Waals surface area contributed by atoms with E-state index in [1.165, 1.54) is 18.2 Å². The summed E-state index contributed by atoms with van der Waals surface area (Å²) in [6.07, 6.45) is 0.548. The molecule has 0 unspecified atom stereocenters. The average molecular weight is 476 g/mol. The molecule has 1 aromatic carbocycles. The highest BCUT2D eigenvalue weighted by Gasteiger charge is 2.42. The van der Waals surface area contributed by atoms with Crippen LogP contribution in [0.1, 0.15) is 29.8 Å². The third kappa shape index (κ3) is 5.15. The number of hydrogen-bond acceptors (Lipinski definition) is 5. The molecule has 0 atom stereocenters. The molecule has 0 radical (unpaired) electrons. The number of halogens is 3. The fourth-order valence-corrected chi connectivity index (χ4v) is 4.32. The highest BCUT2D eigenvalue weighted by molar-refractivity contribution is 6.30. The van der Waals surface area contributed by atoms with Crippen molar-refractivity contribution in [1.29, 1.82) is 0 Å². The average Bonchev–Trinajstić information content (AvgIpc) is 3.19. The molecule has 0 saturated carbocycles. The van der Waals surface area contributed by atoms with Gasteiger partial charge >= 0.3 is 5.97 Å². The van der Waals surface area contributed by atoms with E-state index in [4.69, 9.17) is 11.6 Å². The van der Waals surface area contributed by atoms with Gasteiger partial charge in [-0.25, -0.2) is 13.8 Å². The minimum atomic E-state index is -1.15. The Morgan fingerprint density at radius 3 is 2.67 bits per heavy atom. The van der Waals surface area contributed by atoms with Gasteiger partial charge in [-0.2, -0.15) is 5.10 Å². The lowest BCUT2D eigenvalue weighted by molar-refractivity contribution is -0.152. The summed E-state index contributed by atoms with van der Waals surface area (Å²) in [6, 6.07) is 9.38. The van der Waals surface area contributed by atoms with Crippen LogP contribution in [0.4, 0.5) is 20.4 Å².